The van der Waals surface area contributed by atoms with E-state index >= 15 is 0 Å². The van der Waals surface area contributed by atoms with Crippen molar-refractivity contribution in [1.29, 1.82) is 0 Å². The summed E-state index contributed by atoms with van der Waals surface area (Å²) in [5.74, 6) is -0.718. The fourth-order valence-corrected chi connectivity index (χ4v) is 24.0. The lowest BCUT2D eigenvalue weighted by molar-refractivity contribution is -0.138. The zero-order chi connectivity index (χ0) is 41.6. The molecule has 0 N–H and O–H groups in total. The van der Waals surface area contributed by atoms with Gasteiger partial charge in [0.25, 0.3) is 9.28 Å². The molecule has 0 aromatic heterocycles. The lowest BCUT2D eigenvalue weighted by atomic mass is 10.4. The second-order valence-electron chi connectivity index (χ2n) is 13.1. The number of halogens is 3. The molecule has 16 heteroatoms. The topological polar surface area (TPSA) is 89.5 Å². The van der Waals surface area contributed by atoms with Crippen LogP contribution in [0.5, 0.6) is 0 Å². The van der Waals surface area contributed by atoms with E-state index < -0.39 is 55.6 Å². The minimum absolute atomic E-state index is 0. The Bertz CT molecular complexity index is 1120. The van der Waals surface area contributed by atoms with Crippen molar-refractivity contribution in [3.8, 4) is 0 Å². The number of carbonyl (C=O) groups excluding carboxylic acids is 2. The summed E-state index contributed by atoms with van der Waals surface area (Å²) in [7, 11) is -11.4. The molecule has 63 heavy (non-hydrogen) atoms. The molecule has 2 rings (SSSR count). The van der Waals surface area contributed by atoms with Crippen molar-refractivity contribution in [3.63, 3.8) is 0 Å². The Hall–Kier alpha value is -2.43. The Morgan fingerprint density at radius 3 is 1.03 bits per heavy atom. The van der Waals surface area contributed by atoms with E-state index in [1.54, 1.807) is 20.4 Å². The van der Waals surface area contributed by atoms with Gasteiger partial charge in [-0.05, 0) is 84.4 Å². The zero-order valence-corrected chi connectivity index (χ0v) is 39.4. The van der Waals surface area contributed by atoms with Gasteiger partial charge in [-0.3, -0.25) is 0 Å². The molecule has 384 valence electrons. The Morgan fingerprint density at radius 1 is 0.540 bits per heavy atom. The molecule has 0 saturated carbocycles. The Morgan fingerprint density at radius 2 is 0.825 bits per heavy atom. The average molecular weight is 998 g/mol. The largest absolute Gasteiger partial charge is 0.463 e. The van der Waals surface area contributed by atoms with Crippen molar-refractivity contribution in [2.75, 3.05) is 13.2 Å². The van der Waals surface area contributed by atoms with E-state index in [0.29, 0.717) is 13.2 Å². The molecule has 0 amide bonds. The molecule has 2 aromatic carbocycles. The summed E-state index contributed by atoms with van der Waals surface area (Å²) in [6.07, 6.45) is -2.81. The van der Waals surface area contributed by atoms with E-state index in [4.69, 9.17) is 16.5 Å². The van der Waals surface area contributed by atoms with Crippen LogP contribution in [0, 0.1) is 0 Å². The Labute approximate surface area is 398 Å². The molecule has 0 aliphatic rings. The summed E-state index contributed by atoms with van der Waals surface area (Å²) in [6, 6.07) is 25.7. The fraction of sp³-hybridized carbons (Fsp3) is 0.617. The van der Waals surface area contributed by atoms with Crippen LogP contribution in [0.15, 0.2) is 98.1 Å². The van der Waals surface area contributed by atoms with Gasteiger partial charge in [-0.2, -0.15) is 13.2 Å². The van der Waals surface area contributed by atoms with Gasteiger partial charge in [0.2, 0.25) is 0 Å². The molecule has 0 aliphatic carbocycles. The first-order valence-electron chi connectivity index (χ1n) is 17.9. The molecule has 0 heterocycles. The number of ether oxygens (including phenoxy) is 2. The van der Waals surface area contributed by atoms with Gasteiger partial charge in [0.1, 0.15) is 0 Å². The smallest absolute Gasteiger partial charge is 0.389 e. The quantitative estimate of drug-likeness (QED) is 0.0933. The van der Waals surface area contributed by atoms with E-state index in [2.05, 4.69) is 42.6 Å². The van der Waals surface area contributed by atoms with Crippen LogP contribution in [-0.4, -0.2) is 74.4 Å². The van der Waals surface area contributed by atoms with Gasteiger partial charge in [0.15, 0.2) is 16.6 Å². The van der Waals surface area contributed by atoms with Gasteiger partial charge >= 0.3 is 35.2 Å². The summed E-state index contributed by atoms with van der Waals surface area (Å²) in [4.78, 5) is 20.1. The molecule has 0 radical (unpaired) electrons. The highest BCUT2D eigenvalue weighted by atomic mass is 28.5. The second-order valence-corrected chi connectivity index (χ2v) is 31.8. The van der Waals surface area contributed by atoms with Crippen molar-refractivity contribution in [3.05, 3.63) is 98.1 Å². The number of hydrogen-bond acceptors (Lipinski definition) is 8. The maximum atomic E-state index is 12.9. The van der Waals surface area contributed by atoms with E-state index in [9.17, 15) is 22.8 Å². The molecule has 0 fully saturated rings. The second kappa shape index (κ2) is 52.2. The first-order chi connectivity index (χ1) is 24.5. The van der Waals surface area contributed by atoms with Gasteiger partial charge in [-0.25, -0.2) is 9.59 Å². The number of esters is 2. The third-order valence-electron chi connectivity index (χ3n) is 6.69. The highest BCUT2D eigenvalue weighted by Gasteiger charge is 2.46. The summed E-state index contributed by atoms with van der Waals surface area (Å²) in [5, 5.41) is 0. The lowest BCUT2D eigenvalue weighted by Gasteiger charge is -2.41. The molecule has 2 unspecified atom stereocenters. The molecular formula is C47H107F3O8Si5. The van der Waals surface area contributed by atoms with Crippen molar-refractivity contribution in [2.45, 2.75) is 185 Å². The van der Waals surface area contributed by atoms with E-state index in [1.807, 2.05) is 112 Å². The van der Waals surface area contributed by atoms with Crippen LogP contribution in [-0.2, 0) is 35.5 Å². The molecule has 0 bridgehead atoms. The summed E-state index contributed by atoms with van der Waals surface area (Å²) in [6.45, 7) is 30.8. The predicted octanol–water partition coefficient (Wildman–Crippen LogP) is 17.3. The van der Waals surface area contributed by atoms with E-state index in [1.165, 1.54) is 0 Å². The number of carbonyl (C=O) groups is 2. The number of alkyl halides is 3. The summed E-state index contributed by atoms with van der Waals surface area (Å²) >= 11 is 0. The van der Waals surface area contributed by atoms with Crippen LogP contribution < -0.4 is 0 Å². The van der Waals surface area contributed by atoms with Gasteiger partial charge in [-0.1, -0.05) is 174 Å². The van der Waals surface area contributed by atoms with Gasteiger partial charge in [-0.15, -0.1) is 0 Å². The maximum Gasteiger partial charge on any atom is 0.389 e. The standard InChI is InChI=1S/C15H39F3O4Si5.2C6H6.2C5H8O2.10CH4/c1-11-24(4,5)19-23(3)20-26(8,9)22-27(10,14-13-15(16,17)18)21-25(6,7)12-2;2*1-2-4-6-5-3-1;2*1-3-5(6)7-4-2;;;;;;;;;;/h23H,11-14H2,1-10H3;2*1-6H;2*3H,1,4H2,2H3;10*1H4. The first kappa shape index (κ1) is 95.0. The number of benzene rings is 2. The van der Waals surface area contributed by atoms with Gasteiger partial charge in [0, 0.05) is 18.6 Å². The Balaban J connectivity index is -0.0000000521. The van der Waals surface area contributed by atoms with Gasteiger partial charge < -0.3 is 25.9 Å². The predicted molar refractivity (Wildman–Crippen MR) is 292 cm³/mol. The van der Waals surface area contributed by atoms with Crippen LogP contribution in [0.4, 0.5) is 13.2 Å². The maximum absolute atomic E-state index is 12.9. The molecule has 2 aromatic rings. The highest BCUT2D eigenvalue weighted by Crippen LogP contribution is 2.32. The molecule has 2 atom stereocenters. The number of rotatable bonds is 16. The minimum atomic E-state index is -4.21. The molecule has 8 nitrogen and oxygen atoms in total. The van der Waals surface area contributed by atoms with E-state index in [0.717, 1.165) is 24.2 Å². The lowest BCUT2D eigenvalue weighted by Crippen LogP contribution is -2.57. The molecule has 0 spiro atoms. The van der Waals surface area contributed by atoms with Gasteiger partial charge in [0.05, 0.1) is 13.2 Å². The third kappa shape index (κ3) is 66.3. The number of hydrogen-bond donors (Lipinski definition) is 0. The van der Waals surface area contributed by atoms with Crippen molar-refractivity contribution in [1.82, 2.24) is 0 Å². The zero-order valence-electron chi connectivity index (χ0n) is 34.2. The third-order valence-corrected chi connectivity index (χ3v) is 26.4. The van der Waals surface area contributed by atoms with Crippen LogP contribution in [0.25, 0.3) is 0 Å². The van der Waals surface area contributed by atoms with Crippen LogP contribution >= 0.6 is 0 Å². The van der Waals surface area contributed by atoms with E-state index in [-0.39, 0.29) is 92.2 Å². The molecule has 0 aliphatic heterocycles. The molecule has 0 saturated heterocycles. The SMILES string of the molecule is C.C.C.C.C.C.C.C.C.C.C=CC(=O)OCC.C=CC(=O)OCC.CC[Si](C)(C)O[SiH](C)O[Si](C)(C)O[Si](C)(CCC(F)(F)F)O[Si](C)(C)CC.c1ccccc1.c1ccccc1. The van der Waals surface area contributed by atoms with Crippen molar-refractivity contribution in [2.24, 2.45) is 0 Å². The normalized spacial score (nSPS) is 10.8. The average Bonchev–Trinajstić information content (AvgIpc) is 3.09. The monoisotopic (exact) mass is 997 g/mol. The van der Waals surface area contributed by atoms with Crippen LogP contribution in [0.1, 0.15) is 108 Å². The minimum Gasteiger partial charge on any atom is -0.463 e. The Kier molecular flexibility index (Phi) is 78.7. The van der Waals surface area contributed by atoms with Crippen LogP contribution in [0.3, 0.4) is 0 Å². The van der Waals surface area contributed by atoms with Crippen molar-refractivity contribution >= 4 is 55.0 Å². The molecular weight excluding hydrogens is 890 g/mol. The van der Waals surface area contributed by atoms with Crippen molar-refractivity contribution < 1.29 is 48.7 Å². The summed E-state index contributed by atoms with van der Waals surface area (Å²) < 4.78 is 72.5. The van der Waals surface area contributed by atoms with Crippen LogP contribution in [0.2, 0.25) is 70.5 Å². The highest BCUT2D eigenvalue weighted by molar-refractivity contribution is 6.88. The fourth-order valence-electron chi connectivity index (χ4n) is 3.82. The first-order valence-corrected chi connectivity index (χ1v) is 31.5. The summed E-state index contributed by atoms with van der Waals surface area (Å²) in [5.41, 5.74) is 0.